The first-order chi connectivity index (χ1) is 30.5. The van der Waals surface area contributed by atoms with Gasteiger partial charge >= 0.3 is 0 Å². The zero-order valence-corrected chi connectivity index (χ0v) is 26.1. The van der Waals surface area contributed by atoms with Crippen LogP contribution in [0.25, 0.3) is 87.7 Å². The summed E-state index contributed by atoms with van der Waals surface area (Å²) in [4.78, 5) is 14.2. The van der Waals surface area contributed by atoms with Crippen LogP contribution >= 0.6 is 11.3 Å². The molecule has 0 aliphatic heterocycles. The molecule has 0 aliphatic rings. The van der Waals surface area contributed by atoms with Crippen LogP contribution in [0.5, 0.6) is 0 Å². The van der Waals surface area contributed by atoms with Crippen LogP contribution in [0, 0.1) is 0 Å². The Labute approximate surface area is 310 Å². The molecule has 3 nitrogen and oxygen atoms in total. The summed E-state index contributed by atoms with van der Waals surface area (Å²) in [6.45, 7) is 0. The minimum Gasteiger partial charge on any atom is -0.208 e. The number of hydrogen-bond acceptors (Lipinski definition) is 4. The van der Waals surface area contributed by atoms with E-state index in [1.54, 1.807) is 30.3 Å². The van der Waals surface area contributed by atoms with Gasteiger partial charge in [-0.3, -0.25) is 0 Å². The molecule has 0 spiro atoms. The summed E-state index contributed by atoms with van der Waals surface area (Å²) in [6.07, 6.45) is 0. The van der Waals surface area contributed by atoms with Gasteiger partial charge in [0, 0.05) is 36.9 Å². The second kappa shape index (κ2) is 12.4. The summed E-state index contributed by atoms with van der Waals surface area (Å²) < 4.78 is 134. The molecule has 2 heterocycles. The van der Waals surface area contributed by atoms with Crippen LogP contribution in [0.3, 0.4) is 0 Å². The molecule has 4 heteroatoms. The van der Waals surface area contributed by atoms with Crippen LogP contribution in [-0.2, 0) is 0 Å². The maximum atomic E-state index is 9.77. The molecule has 0 bridgehead atoms. The van der Waals surface area contributed by atoms with E-state index in [-0.39, 0.29) is 43.2 Å². The lowest BCUT2D eigenvalue weighted by Gasteiger charge is -2.12. The van der Waals surface area contributed by atoms with Crippen molar-refractivity contribution in [3.63, 3.8) is 0 Å². The van der Waals surface area contributed by atoms with Crippen LogP contribution in [-0.4, -0.2) is 15.0 Å². The van der Waals surface area contributed by atoms with Gasteiger partial charge in [0.05, 0.1) is 20.6 Å². The maximum absolute atomic E-state index is 9.77. The lowest BCUT2D eigenvalue weighted by Crippen LogP contribution is -2.00. The largest absolute Gasteiger partial charge is 0.208 e. The number of rotatable bonds is 6. The van der Waals surface area contributed by atoms with Gasteiger partial charge < -0.3 is 0 Å². The van der Waals surface area contributed by atoms with Crippen LogP contribution < -0.4 is 0 Å². The van der Waals surface area contributed by atoms with Gasteiger partial charge in [0.15, 0.2) is 17.5 Å². The van der Waals surface area contributed by atoms with E-state index in [2.05, 4.69) is 4.98 Å². The van der Waals surface area contributed by atoms with Gasteiger partial charge in [0.2, 0.25) is 0 Å². The summed E-state index contributed by atoms with van der Waals surface area (Å²) in [5, 5.41) is -0.302. The number of fused-ring (bicyclic) bond motifs is 3. The molecule has 0 unspecified atom stereocenters. The first-order valence-corrected chi connectivity index (χ1v) is 16.0. The molecular weight excluding hydrogens is 615 g/mol. The molecule has 9 rings (SSSR count). The Morgan fingerprint density at radius 2 is 0.939 bits per heavy atom. The Morgan fingerprint density at radius 1 is 0.388 bits per heavy atom. The molecule has 0 amide bonds. The summed E-state index contributed by atoms with van der Waals surface area (Å²) in [7, 11) is 0. The van der Waals surface area contributed by atoms with Crippen LogP contribution in [0.2, 0.25) is 0 Å². The van der Waals surface area contributed by atoms with Crippen molar-refractivity contribution in [2.75, 3.05) is 0 Å². The molecule has 0 aliphatic carbocycles. The molecular formula is C45H29N3S. The molecule has 230 valence electrons. The average molecular weight is 659 g/mol. The highest BCUT2D eigenvalue weighted by atomic mass is 32.1. The van der Waals surface area contributed by atoms with Crippen molar-refractivity contribution in [1.29, 1.82) is 0 Å². The molecule has 7 aromatic carbocycles. The number of aromatic nitrogens is 3. The number of benzene rings is 7. The quantitative estimate of drug-likeness (QED) is 0.178. The van der Waals surface area contributed by atoms with Crippen LogP contribution in [0.4, 0.5) is 0 Å². The fourth-order valence-electron chi connectivity index (χ4n) is 5.52. The van der Waals surface area contributed by atoms with Crippen molar-refractivity contribution in [3.8, 4) is 67.5 Å². The predicted octanol–water partition coefficient (Wildman–Crippen LogP) is 12.2. The topological polar surface area (TPSA) is 38.7 Å². The zero-order chi connectivity index (χ0) is 45.6. The normalized spacial score (nSPS) is 15.6. The highest BCUT2D eigenvalue weighted by Crippen LogP contribution is 2.43. The fraction of sp³-hybridized carbons (Fsp3) is 0. The van der Waals surface area contributed by atoms with Crippen molar-refractivity contribution in [1.82, 2.24) is 15.0 Å². The number of nitrogens with zero attached hydrogens (tertiary/aromatic N) is 3. The molecule has 0 saturated heterocycles. The Kier molecular flexibility index (Phi) is 4.37. The van der Waals surface area contributed by atoms with E-state index >= 15 is 0 Å². The van der Waals surface area contributed by atoms with Crippen molar-refractivity contribution >= 4 is 31.5 Å². The Balaban J connectivity index is 1.38. The van der Waals surface area contributed by atoms with Gasteiger partial charge in [-0.05, 0) is 57.6 Å². The van der Waals surface area contributed by atoms with E-state index in [1.807, 2.05) is 54.6 Å². The van der Waals surface area contributed by atoms with E-state index in [9.17, 15) is 5.48 Å². The molecule has 0 fully saturated rings. The van der Waals surface area contributed by atoms with E-state index in [0.717, 1.165) is 22.5 Å². The van der Waals surface area contributed by atoms with Crippen LogP contribution in [0.15, 0.2) is 176 Å². The first kappa shape index (κ1) is 17.3. The molecule has 49 heavy (non-hydrogen) atoms. The maximum Gasteiger partial charge on any atom is 0.164 e. The first-order valence-electron chi connectivity index (χ1n) is 22.6. The predicted molar refractivity (Wildman–Crippen MR) is 205 cm³/mol. The minimum atomic E-state index is -0.757. The Hall–Kier alpha value is -6.23. The third kappa shape index (κ3) is 5.58. The zero-order valence-electron chi connectivity index (χ0n) is 40.3. The highest BCUT2D eigenvalue weighted by molar-refractivity contribution is 7.26. The standard InChI is InChI=1S/C45H29N3S/c1-4-13-30(14-5-1)31-23-25-34(26-24-31)44-46-43(33-17-8-3-9-18-33)47-45(48-44)36-20-12-19-35(27-36)37-28-39(32-15-6-2-7-16-32)42-38-21-10-11-22-40(38)49-41(42)29-37/h1-29H/i2D,6D,7D,10D,11D,12D,15D,16D,19D,20D,21D,22D,27D,28D,29D. The Morgan fingerprint density at radius 3 is 1.67 bits per heavy atom. The Bertz CT molecular complexity index is 3410. The smallest absolute Gasteiger partial charge is 0.164 e. The van der Waals surface area contributed by atoms with Gasteiger partial charge in [0.1, 0.15) is 0 Å². The van der Waals surface area contributed by atoms with Gasteiger partial charge in [-0.15, -0.1) is 11.3 Å². The van der Waals surface area contributed by atoms with E-state index < -0.39 is 113 Å². The summed E-state index contributed by atoms with van der Waals surface area (Å²) in [5.41, 5.74) is 0.800. The van der Waals surface area contributed by atoms with Gasteiger partial charge in [-0.2, -0.15) is 0 Å². The monoisotopic (exact) mass is 658 g/mol. The number of thiophene rings is 1. The van der Waals surface area contributed by atoms with Gasteiger partial charge in [-0.1, -0.05) is 151 Å². The lowest BCUT2D eigenvalue weighted by molar-refractivity contribution is 1.07. The fourth-order valence-corrected chi connectivity index (χ4v) is 6.54. The van der Waals surface area contributed by atoms with Crippen molar-refractivity contribution in [2.45, 2.75) is 0 Å². The number of hydrogen-bond donors (Lipinski definition) is 0. The molecule has 9 aromatic rings. The molecule has 0 N–H and O–H groups in total. The second-order valence-electron chi connectivity index (χ2n) is 10.9. The van der Waals surface area contributed by atoms with E-state index in [4.69, 9.17) is 25.0 Å². The summed E-state index contributed by atoms with van der Waals surface area (Å²) >= 11 is 0.746. The average Bonchev–Trinajstić information content (AvgIpc) is 3.72. The van der Waals surface area contributed by atoms with E-state index in [1.165, 1.54) is 0 Å². The van der Waals surface area contributed by atoms with E-state index in [0.29, 0.717) is 11.1 Å². The third-order valence-corrected chi connectivity index (χ3v) is 8.86. The lowest BCUT2D eigenvalue weighted by atomic mass is 9.94. The van der Waals surface area contributed by atoms with Crippen molar-refractivity contribution < 1.29 is 20.6 Å². The summed E-state index contributed by atoms with van der Waals surface area (Å²) in [6, 6.07) is 16.1. The van der Waals surface area contributed by atoms with Crippen molar-refractivity contribution in [2.24, 2.45) is 0 Å². The minimum absolute atomic E-state index is 0.0387. The molecule has 0 radical (unpaired) electrons. The SMILES string of the molecule is [2H]c1c([2H])c([2H])c(-c2c([2H])c(-c3c([2H])c([2H])c([2H])c(-c4nc(-c5ccccc5)nc(-c5ccc(-c6ccccc6)cc5)n4)c3[2H])c([2H])c3sc4c([2H])c([2H])c([2H])c([2H])c4c23)c([2H])c1[2H]. The van der Waals surface area contributed by atoms with Gasteiger partial charge in [-0.25, -0.2) is 15.0 Å². The molecule has 2 aromatic heterocycles. The summed E-state index contributed by atoms with van der Waals surface area (Å²) in [5.74, 6) is 0.0889. The molecule has 0 saturated carbocycles. The van der Waals surface area contributed by atoms with Gasteiger partial charge in [0.25, 0.3) is 0 Å². The molecule has 0 atom stereocenters. The highest BCUT2D eigenvalue weighted by Gasteiger charge is 2.16. The third-order valence-electron chi connectivity index (χ3n) is 7.84. The second-order valence-corrected chi connectivity index (χ2v) is 11.9. The van der Waals surface area contributed by atoms with Crippen LogP contribution in [0.1, 0.15) is 20.6 Å². The van der Waals surface area contributed by atoms with Crippen molar-refractivity contribution in [3.05, 3.63) is 176 Å².